The highest BCUT2D eigenvalue weighted by Crippen LogP contribution is 2.28. The molecule has 3 aromatic carbocycles. The number of halogens is 1. The standard InChI is InChI=1S/C29H34ClN3O4S/c1-5-22(3)31-29(35)23(4)32(19-24-12-7-6-8-13-24)28(34)20-33(27-14-10-9-11-21(27)2)38(36,37)26-17-15-25(30)16-18-26/h6-18,22-23H,5,19-20H2,1-4H3,(H,31,35)/t22-,23+/m1/s1. The molecule has 0 aliphatic carbocycles. The van der Waals surface area contributed by atoms with E-state index in [0.717, 1.165) is 16.3 Å². The fourth-order valence-electron chi connectivity index (χ4n) is 3.92. The Morgan fingerprint density at radius 3 is 2.13 bits per heavy atom. The van der Waals surface area contributed by atoms with Gasteiger partial charge in [0.25, 0.3) is 10.0 Å². The SMILES string of the molecule is CC[C@@H](C)NC(=O)[C@H](C)N(Cc1ccccc1)C(=O)CN(c1ccccc1C)S(=O)(=O)c1ccc(Cl)cc1. The Hall–Kier alpha value is -3.36. The van der Waals surface area contributed by atoms with E-state index in [1.807, 2.05) is 44.2 Å². The van der Waals surface area contributed by atoms with E-state index in [1.165, 1.54) is 29.2 Å². The predicted molar refractivity (Wildman–Crippen MR) is 152 cm³/mol. The number of rotatable bonds is 11. The molecule has 3 rings (SSSR count). The van der Waals surface area contributed by atoms with Crippen molar-refractivity contribution in [1.29, 1.82) is 0 Å². The van der Waals surface area contributed by atoms with E-state index in [9.17, 15) is 18.0 Å². The molecule has 0 fully saturated rings. The minimum atomic E-state index is -4.14. The highest BCUT2D eigenvalue weighted by molar-refractivity contribution is 7.92. The van der Waals surface area contributed by atoms with Crippen LogP contribution in [0.2, 0.25) is 5.02 Å². The number of carbonyl (C=O) groups is 2. The molecule has 0 heterocycles. The Morgan fingerprint density at radius 1 is 0.921 bits per heavy atom. The molecule has 0 radical (unpaired) electrons. The molecule has 1 N–H and O–H groups in total. The molecule has 38 heavy (non-hydrogen) atoms. The molecule has 0 aliphatic heterocycles. The topological polar surface area (TPSA) is 86.8 Å². The molecule has 2 atom stereocenters. The van der Waals surface area contributed by atoms with Crippen molar-refractivity contribution in [2.24, 2.45) is 0 Å². The summed E-state index contributed by atoms with van der Waals surface area (Å²) in [6, 6.07) is 21.2. The van der Waals surface area contributed by atoms with Gasteiger partial charge in [0.1, 0.15) is 12.6 Å². The van der Waals surface area contributed by atoms with Gasteiger partial charge in [-0.25, -0.2) is 8.42 Å². The van der Waals surface area contributed by atoms with Crippen molar-refractivity contribution in [1.82, 2.24) is 10.2 Å². The minimum Gasteiger partial charge on any atom is -0.352 e. The monoisotopic (exact) mass is 555 g/mol. The van der Waals surface area contributed by atoms with Gasteiger partial charge in [0.2, 0.25) is 11.8 Å². The van der Waals surface area contributed by atoms with Crippen molar-refractivity contribution in [3.8, 4) is 0 Å². The first-order chi connectivity index (χ1) is 18.0. The van der Waals surface area contributed by atoms with Crippen LogP contribution in [-0.2, 0) is 26.2 Å². The van der Waals surface area contributed by atoms with Gasteiger partial charge < -0.3 is 10.2 Å². The highest BCUT2D eigenvalue weighted by Gasteiger charge is 2.33. The van der Waals surface area contributed by atoms with Crippen LogP contribution >= 0.6 is 11.6 Å². The van der Waals surface area contributed by atoms with Gasteiger partial charge in [-0.2, -0.15) is 0 Å². The van der Waals surface area contributed by atoms with Crippen LogP contribution < -0.4 is 9.62 Å². The number of amides is 2. The van der Waals surface area contributed by atoms with E-state index in [1.54, 1.807) is 38.1 Å². The van der Waals surface area contributed by atoms with Crippen molar-refractivity contribution in [3.05, 3.63) is 95.0 Å². The second kappa shape index (κ2) is 12.9. The normalized spacial score (nSPS) is 12.9. The molecular weight excluding hydrogens is 522 g/mol. The molecule has 3 aromatic rings. The first-order valence-corrected chi connectivity index (χ1v) is 14.3. The highest BCUT2D eigenvalue weighted by atomic mass is 35.5. The van der Waals surface area contributed by atoms with Crippen molar-refractivity contribution in [3.63, 3.8) is 0 Å². The molecule has 0 unspecified atom stereocenters. The summed E-state index contributed by atoms with van der Waals surface area (Å²) < 4.78 is 28.8. The molecule has 202 valence electrons. The summed E-state index contributed by atoms with van der Waals surface area (Å²) in [5.74, 6) is -0.798. The lowest BCUT2D eigenvalue weighted by Crippen LogP contribution is -2.52. The number of hydrogen-bond donors (Lipinski definition) is 1. The average molecular weight is 556 g/mol. The second-order valence-electron chi connectivity index (χ2n) is 9.25. The summed E-state index contributed by atoms with van der Waals surface area (Å²) in [6.45, 7) is 6.97. The summed E-state index contributed by atoms with van der Waals surface area (Å²) in [5, 5.41) is 3.33. The van der Waals surface area contributed by atoms with Crippen LogP contribution in [0, 0.1) is 6.92 Å². The first-order valence-electron chi connectivity index (χ1n) is 12.5. The molecule has 0 aromatic heterocycles. The van der Waals surface area contributed by atoms with E-state index in [-0.39, 0.29) is 23.4 Å². The lowest BCUT2D eigenvalue weighted by Gasteiger charge is -2.33. The average Bonchev–Trinajstić information content (AvgIpc) is 2.91. The van der Waals surface area contributed by atoms with Gasteiger partial charge in [0.15, 0.2) is 0 Å². The molecule has 0 saturated carbocycles. The molecule has 0 bridgehead atoms. The maximum atomic E-state index is 13.9. The maximum Gasteiger partial charge on any atom is 0.264 e. The Labute approximate surface area is 230 Å². The summed E-state index contributed by atoms with van der Waals surface area (Å²) in [7, 11) is -4.14. The van der Waals surface area contributed by atoms with E-state index in [0.29, 0.717) is 16.3 Å². The van der Waals surface area contributed by atoms with Crippen molar-refractivity contribution in [2.45, 2.75) is 57.6 Å². The van der Waals surface area contributed by atoms with Crippen LogP contribution in [0.15, 0.2) is 83.8 Å². The third-order valence-electron chi connectivity index (χ3n) is 6.43. The van der Waals surface area contributed by atoms with Gasteiger partial charge in [-0.3, -0.25) is 13.9 Å². The molecular formula is C29H34ClN3O4S. The zero-order valence-corrected chi connectivity index (χ0v) is 23.7. The summed E-state index contributed by atoms with van der Waals surface area (Å²) in [6.07, 6.45) is 0.742. The van der Waals surface area contributed by atoms with E-state index < -0.39 is 28.5 Å². The number of para-hydroxylation sites is 1. The predicted octanol–water partition coefficient (Wildman–Crippen LogP) is 5.18. The van der Waals surface area contributed by atoms with Crippen LogP contribution in [0.1, 0.15) is 38.3 Å². The maximum absolute atomic E-state index is 13.9. The zero-order valence-electron chi connectivity index (χ0n) is 22.1. The lowest BCUT2D eigenvalue weighted by molar-refractivity contribution is -0.139. The number of carbonyl (C=O) groups excluding carboxylic acids is 2. The van der Waals surface area contributed by atoms with Gasteiger partial charge >= 0.3 is 0 Å². The minimum absolute atomic E-state index is 0.00937. The number of benzene rings is 3. The molecule has 2 amide bonds. The Bertz CT molecular complexity index is 1350. The largest absolute Gasteiger partial charge is 0.352 e. The van der Waals surface area contributed by atoms with Crippen molar-refractivity contribution < 1.29 is 18.0 Å². The van der Waals surface area contributed by atoms with Crippen LogP contribution in [-0.4, -0.2) is 43.8 Å². The van der Waals surface area contributed by atoms with Crippen LogP contribution in [0.5, 0.6) is 0 Å². The summed E-state index contributed by atoms with van der Waals surface area (Å²) >= 11 is 5.99. The number of aryl methyl sites for hydroxylation is 1. The third-order valence-corrected chi connectivity index (χ3v) is 8.45. The van der Waals surface area contributed by atoms with E-state index >= 15 is 0 Å². The van der Waals surface area contributed by atoms with Gasteiger partial charge in [-0.1, -0.05) is 67.1 Å². The van der Waals surface area contributed by atoms with Crippen LogP contribution in [0.3, 0.4) is 0 Å². The fraction of sp³-hybridized carbons (Fsp3) is 0.310. The Morgan fingerprint density at radius 2 is 1.53 bits per heavy atom. The van der Waals surface area contributed by atoms with E-state index in [4.69, 9.17) is 11.6 Å². The number of hydrogen-bond acceptors (Lipinski definition) is 4. The molecule has 0 spiro atoms. The Balaban J connectivity index is 2.02. The van der Waals surface area contributed by atoms with Crippen molar-refractivity contribution >= 4 is 39.1 Å². The van der Waals surface area contributed by atoms with Gasteiger partial charge in [0, 0.05) is 17.6 Å². The second-order valence-corrected chi connectivity index (χ2v) is 11.6. The van der Waals surface area contributed by atoms with Gasteiger partial charge in [-0.05, 0) is 68.7 Å². The smallest absolute Gasteiger partial charge is 0.264 e. The molecule has 9 heteroatoms. The van der Waals surface area contributed by atoms with Crippen LogP contribution in [0.25, 0.3) is 0 Å². The van der Waals surface area contributed by atoms with Gasteiger partial charge in [-0.15, -0.1) is 0 Å². The quantitative estimate of drug-likeness (QED) is 0.353. The van der Waals surface area contributed by atoms with Crippen LogP contribution in [0.4, 0.5) is 5.69 Å². The summed E-state index contributed by atoms with van der Waals surface area (Å²) in [4.78, 5) is 28.4. The number of nitrogens with one attached hydrogen (secondary N) is 1. The number of anilines is 1. The Kier molecular flexibility index (Phi) is 9.94. The van der Waals surface area contributed by atoms with E-state index in [2.05, 4.69) is 5.32 Å². The first kappa shape index (κ1) is 29.2. The molecule has 7 nitrogen and oxygen atoms in total. The molecule has 0 saturated heterocycles. The number of nitrogens with zero attached hydrogens (tertiary/aromatic N) is 2. The van der Waals surface area contributed by atoms with Crippen molar-refractivity contribution in [2.75, 3.05) is 10.8 Å². The molecule has 0 aliphatic rings. The number of sulfonamides is 1. The lowest BCUT2D eigenvalue weighted by atomic mass is 10.1. The zero-order chi connectivity index (χ0) is 27.9. The fourth-order valence-corrected chi connectivity index (χ4v) is 5.52. The summed E-state index contributed by atoms with van der Waals surface area (Å²) in [5.41, 5.74) is 1.90. The van der Waals surface area contributed by atoms with Gasteiger partial charge in [0.05, 0.1) is 10.6 Å². The third kappa shape index (κ3) is 7.14.